The van der Waals surface area contributed by atoms with Crippen molar-refractivity contribution in [1.29, 1.82) is 0 Å². The third kappa shape index (κ3) is 7.15. The van der Waals surface area contributed by atoms with Crippen molar-refractivity contribution in [1.82, 2.24) is 19.8 Å². The first-order valence-corrected chi connectivity index (χ1v) is 17.9. The Balaban J connectivity index is 1.42. The Morgan fingerprint density at radius 1 is 1.09 bits per heavy atom. The van der Waals surface area contributed by atoms with Crippen LogP contribution in [0.15, 0.2) is 41.3 Å². The minimum Gasteiger partial charge on any atom is -0.357 e. The van der Waals surface area contributed by atoms with Gasteiger partial charge in [0.2, 0.25) is 11.7 Å². The van der Waals surface area contributed by atoms with Crippen LogP contribution >= 0.6 is 11.3 Å². The molecule has 3 heterocycles. The van der Waals surface area contributed by atoms with Crippen molar-refractivity contribution in [3.05, 3.63) is 47.1 Å². The van der Waals surface area contributed by atoms with Gasteiger partial charge in [-0.1, -0.05) is 39.0 Å². The van der Waals surface area contributed by atoms with Gasteiger partial charge in [-0.3, -0.25) is 4.79 Å². The van der Waals surface area contributed by atoms with Crippen LogP contribution in [0, 0.1) is 5.92 Å². The lowest BCUT2D eigenvalue weighted by Crippen LogP contribution is -2.52. The number of aromatic nitrogens is 2. The number of anilines is 1. The lowest BCUT2D eigenvalue weighted by Gasteiger charge is -2.44. The summed E-state index contributed by atoms with van der Waals surface area (Å²) >= 11 is 1.32. The number of hydrogen-bond donors (Lipinski definition) is 1. The molecule has 1 saturated carbocycles. The van der Waals surface area contributed by atoms with Crippen LogP contribution in [0.1, 0.15) is 71.0 Å². The number of hydrogen-bond acceptors (Lipinski definition) is 8. The zero-order valence-corrected chi connectivity index (χ0v) is 28.2. The highest BCUT2D eigenvalue weighted by Gasteiger charge is 2.44. The lowest BCUT2D eigenvalue weighted by molar-refractivity contribution is -0.144. The standard InChI is InChI=1S/C32H42F3N5O3S2/c1-19(2)39(6)21-12-13-25(20(16-21)18-45(42,43)22-10-8-7-9-11-22)40-15-14-23(29(40)41)36-28-27-24(17-26(44-27)31(3,4)5)37-30(38-28)32(33,34)35/h7-11,17,19-21,23,25H,12-16,18H2,1-6H3,(H,36,37,38)/t20-,21+,23-,25-/m0/s1. The van der Waals surface area contributed by atoms with Gasteiger partial charge in [-0.25, -0.2) is 18.4 Å². The van der Waals surface area contributed by atoms with E-state index in [0.717, 1.165) is 11.3 Å². The molecule has 246 valence electrons. The normalized spacial score (nSPS) is 23.4. The molecular formula is C32H42F3N5O3S2. The topological polar surface area (TPSA) is 95.5 Å². The fourth-order valence-electron chi connectivity index (χ4n) is 6.46. The summed E-state index contributed by atoms with van der Waals surface area (Å²) in [5.41, 5.74) is -0.116. The van der Waals surface area contributed by atoms with Crippen LogP contribution in [-0.2, 0) is 26.2 Å². The summed E-state index contributed by atoms with van der Waals surface area (Å²) in [6.07, 6.45) is -2.30. The van der Waals surface area contributed by atoms with Crippen LogP contribution in [0.3, 0.4) is 0 Å². The molecule has 2 aromatic heterocycles. The minimum atomic E-state index is -4.75. The van der Waals surface area contributed by atoms with Crippen molar-refractivity contribution in [3.63, 3.8) is 0 Å². The van der Waals surface area contributed by atoms with E-state index in [1.807, 2.05) is 27.8 Å². The van der Waals surface area contributed by atoms with Crippen LogP contribution in [0.4, 0.5) is 19.0 Å². The van der Waals surface area contributed by atoms with E-state index >= 15 is 0 Å². The first-order chi connectivity index (χ1) is 21.0. The van der Waals surface area contributed by atoms with E-state index in [0.29, 0.717) is 30.5 Å². The SMILES string of the molecule is CC(C)N(C)[C@@H]1CC[C@H](N2CC[C@H](Nc3nc(C(F)(F)F)nc4cc(C(C)(C)C)sc34)C2=O)[C@H](CS(=O)(=O)c2ccccc2)C1. The van der Waals surface area contributed by atoms with E-state index < -0.39 is 27.9 Å². The zero-order valence-electron chi connectivity index (χ0n) is 26.6. The molecule has 4 atom stereocenters. The number of benzene rings is 1. The second kappa shape index (κ2) is 12.4. The van der Waals surface area contributed by atoms with Crippen molar-refractivity contribution in [2.75, 3.05) is 24.7 Å². The number of alkyl halides is 3. The smallest absolute Gasteiger partial charge is 0.357 e. The number of carbonyl (C=O) groups is 1. The monoisotopic (exact) mass is 665 g/mol. The summed E-state index contributed by atoms with van der Waals surface area (Å²) in [7, 11) is -1.57. The van der Waals surface area contributed by atoms with Gasteiger partial charge in [0, 0.05) is 29.5 Å². The van der Waals surface area contributed by atoms with E-state index in [-0.39, 0.29) is 57.3 Å². The van der Waals surface area contributed by atoms with Gasteiger partial charge in [0.1, 0.15) is 11.9 Å². The molecule has 1 N–H and O–H groups in total. The fourth-order valence-corrected chi connectivity index (χ4v) is 9.26. The summed E-state index contributed by atoms with van der Waals surface area (Å²) in [5.74, 6) is -1.88. The third-order valence-corrected chi connectivity index (χ3v) is 12.6. The number of carbonyl (C=O) groups excluding carboxylic acids is 1. The van der Waals surface area contributed by atoms with Gasteiger partial charge in [0.25, 0.3) is 0 Å². The number of rotatable bonds is 8. The fraction of sp³-hybridized carbons (Fsp3) is 0.594. The largest absolute Gasteiger partial charge is 0.451 e. The summed E-state index contributed by atoms with van der Waals surface area (Å²) in [5, 5.41) is 3.05. The maximum absolute atomic E-state index is 13.9. The van der Waals surface area contributed by atoms with Crippen LogP contribution < -0.4 is 5.32 Å². The molecule has 5 rings (SSSR count). The number of nitrogens with one attached hydrogen (secondary N) is 1. The van der Waals surface area contributed by atoms with E-state index in [4.69, 9.17) is 0 Å². The van der Waals surface area contributed by atoms with Crippen molar-refractivity contribution in [2.45, 2.75) is 101 Å². The van der Waals surface area contributed by atoms with Crippen molar-refractivity contribution in [2.24, 2.45) is 5.92 Å². The maximum Gasteiger partial charge on any atom is 0.451 e. The molecule has 2 aliphatic rings. The molecule has 8 nitrogen and oxygen atoms in total. The first-order valence-electron chi connectivity index (χ1n) is 15.4. The molecule has 1 aromatic carbocycles. The van der Waals surface area contributed by atoms with Crippen LogP contribution in [0.25, 0.3) is 10.2 Å². The highest BCUT2D eigenvalue weighted by atomic mass is 32.2. The van der Waals surface area contributed by atoms with Crippen LogP contribution in [0.2, 0.25) is 0 Å². The van der Waals surface area contributed by atoms with E-state index in [2.05, 4.69) is 34.0 Å². The zero-order chi connectivity index (χ0) is 32.9. The van der Waals surface area contributed by atoms with Gasteiger partial charge in [-0.15, -0.1) is 11.3 Å². The summed E-state index contributed by atoms with van der Waals surface area (Å²) in [6.45, 7) is 10.5. The van der Waals surface area contributed by atoms with Gasteiger partial charge >= 0.3 is 6.18 Å². The van der Waals surface area contributed by atoms with E-state index in [9.17, 15) is 26.4 Å². The molecule has 45 heavy (non-hydrogen) atoms. The number of nitrogens with zero attached hydrogens (tertiary/aromatic N) is 4. The Morgan fingerprint density at radius 2 is 1.78 bits per heavy atom. The Hall–Kier alpha value is -2.77. The van der Waals surface area contributed by atoms with E-state index in [1.165, 1.54) is 11.3 Å². The van der Waals surface area contributed by atoms with Gasteiger partial charge in [-0.05, 0) is 76.1 Å². The predicted molar refractivity (Wildman–Crippen MR) is 171 cm³/mol. The number of thiophene rings is 1. The van der Waals surface area contributed by atoms with Crippen LogP contribution in [0.5, 0.6) is 0 Å². The Bertz CT molecular complexity index is 1640. The van der Waals surface area contributed by atoms with E-state index in [1.54, 1.807) is 41.3 Å². The highest BCUT2D eigenvalue weighted by Crippen LogP contribution is 2.40. The predicted octanol–water partition coefficient (Wildman–Crippen LogP) is 6.37. The third-order valence-electron chi connectivity index (χ3n) is 9.16. The summed E-state index contributed by atoms with van der Waals surface area (Å²) in [6, 6.07) is 9.40. The van der Waals surface area contributed by atoms with Gasteiger partial charge in [-0.2, -0.15) is 13.2 Å². The number of sulfone groups is 1. The molecular weight excluding hydrogens is 624 g/mol. The molecule has 0 unspecified atom stereocenters. The molecule has 2 fully saturated rings. The average molecular weight is 666 g/mol. The van der Waals surface area contributed by atoms with Crippen LogP contribution in [-0.4, -0.2) is 77.6 Å². The average Bonchev–Trinajstić information content (AvgIpc) is 3.56. The molecule has 1 aliphatic carbocycles. The quantitative estimate of drug-likeness (QED) is 0.299. The molecule has 0 radical (unpaired) electrons. The Kier molecular flexibility index (Phi) is 9.29. The summed E-state index contributed by atoms with van der Waals surface area (Å²) < 4.78 is 68.9. The maximum atomic E-state index is 13.9. The second-order valence-corrected chi connectivity index (χ2v) is 16.7. The molecule has 3 aromatic rings. The molecule has 1 amide bonds. The van der Waals surface area contributed by atoms with Gasteiger partial charge in [0.15, 0.2) is 9.84 Å². The number of amides is 1. The minimum absolute atomic E-state index is 0.00139. The molecule has 0 bridgehead atoms. The first kappa shape index (κ1) is 33.6. The van der Waals surface area contributed by atoms with Gasteiger partial charge in [0.05, 0.1) is 20.9 Å². The van der Waals surface area contributed by atoms with Crippen molar-refractivity contribution < 1.29 is 26.4 Å². The Morgan fingerprint density at radius 3 is 2.40 bits per heavy atom. The summed E-state index contributed by atoms with van der Waals surface area (Å²) in [4.78, 5) is 26.7. The number of fused-ring (bicyclic) bond motifs is 1. The Labute approximate surface area is 267 Å². The molecule has 1 aliphatic heterocycles. The molecule has 13 heteroatoms. The molecule has 0 spiro atoms. The molecule has 1 saturated heterocycles. The highest BCUT2D eigenvalue weighted by molar-refractivity contribution is 7.91. The van der Waals surface area contributed by atoms with Crippen molar-refractivity contribution in [3.8, 4) is 0 Å². The lowest BCUT2D eigenvalue weighted by atomic mass is 9.81. The number of likely N-dealkylation sites (tertiary alicyclic amines) is 1. The van der Waals surface area contributed by atoms with Crippen molar-refractivity contribution >= 4 is 43.1 Å². The second-order valence-electron chi connectivity index (χ2n) is 13.6. The van der Waals surface area contributed by atoms with Gasteiger partial charge < -0.3 is 15.1 Å². The number of halogens is 3.